The molecule has 0 spiro atoms. The molecule has 5 heteroatoms. The molecular weight excluding hydrogens is 304 g/mol. The summed E-state index contributed by atoms with van der Waals surface area (Å²) in [6.45, 7) is 5.65. The molecule has 1 aliphatic heterocycles. The van der Waals surface area contributed by atoms with Gasteiger partial charge >= 0.3 is 0 Å². The average molecular weight is 330 g/mol. The van der Waals surface area contributed by atoms with E-state index in [4.69, 9.17) is 9.47 Å². The maximum atomic E-state index is 11.9. The van der Waals surface area contributed by atoms with Crippen LogP contribution in [-0.4, -0.2) is 50.8 Å². The second-order valence-corrected chi connectivity index (χ2v) is 5.57. The standard InChI is InChI=1S/C19H26N2O3/c1-3-4-5-6-19(22)20-15-18(21-11-13-24-14-12-21)16-7-9-17(23-2)10-8-16/h3-10,18H,11-15H2,1-2H3,(H,20,22). The van der Waals surface area contributed by atoms with Crippen molar-refractivity contribution in [2.24, 2.45) is 0 Å². The molecule has 1 atom stereocenters. The van der Waals surface area contributed by atoms with E-state index in [1.165, 1.54) is 0 Å². The summed E-state index contributed by atoms with van der Waals surface area (Å²) < 4.78 is 10.7. The number of benzene rings is 1. The van der Waals surface area contributed by atoms with E-state index in [0.29, 0.717) is 6.54 Å². The first-order valence-electron chi connectivity index (χ1n) is 8.27. The van der Waals surface area contributed by atoms with Crippen molar-refractivity contribution >= 4 is 5.91 Å². The van der Waals surface area contributed by atoms with Crippen LogP contribution in [0.15, 0.2) is 48.6 Å². The zero-order valence-electron chi connectivity index (χ0n) is 14.4. The predicted molar refractivity (Wildman–Crippen MR) is 95.1 cm³/mol. The number of nitrogens with zero attached hydrogens (tertiary/aromatic N) is 1. The Morgan fingerprint density at radius 2 is 2.00 bits per heavy atom. The summed E-state index contributed by atoms with van der Waals surface area (Å²) in [6, 6.07) is 8.15. The van der Waals surface area contributed by atoms with Crippen LogP contribution >= 0.6 is 0 Å². The molecule has 1 amide bonds. The highest BCUT2D eigenvalue weighted by molar-refractivity contribution is 5.87. The van der Waals surface area contributed by atoms with E-state index in [9.17, 15) is 4.79 Å². The zero-order chi connectivity index (χ0) is 17.2. The first-order valence-corrected chi connectivity index (χ1v) is 8.27. The molecule has 0 saturated carbocycles. The largest absolute Gasteiger partial charge is 0.497 e. The highest BCUT2D eigenvalue weighted by atomic mass is 16.5. The molecule has 0 bridgehead atoms. The molecule has 1 N–H and O–H groups in total. The Labute approximate surface area is 143 Å². The van der Waals surface area contributed by atoms with Gasteiger partial charge in [-0.05, 0) is 24.6 Å². The molecular formula is C19H26N2O3. The van der Waals surface area contributed by atoms with Crippen LogP contribution in [0, 0.1) is 0 Å². The Balaban J connectivity index is 2.05. The van der Waals surface area contributed by atoms with Gasteiger partial charge in [0.05, 0.1) is 26.4 Å². The monoisotopic (exact) mass is 330 g/mol. The molecule has 0 radical (unpaired) electrons. The van der Waals surface area contributed by atoms with Gasteiger partial charge in [-0.15, -0.1) is 0 Å². The molecule has 1 unspecified atom stereocenters. The second-order valence-electron chi connectivity index (χ2n) is 5.57. The van der Waals surface area contributed by atoms with Crippen molar-refractivity contribution in [1.29, 1.82) is 0 Å². The quantitative estimate of drug-likeness (QED) is 0.616. The molecule has 1 fully saturated rings. The van der Waals surface area contributed by atoms with Gasteiger partial charge in [0.25, 0.3) is 0 Å². The van der Waals surface area contributed by atoms with Crippen molar-refractivity contribution in [3.8, 4) is 5.75 Å². The Morgan fingerprint density at radius 3 is 2.62 bits per heavy atom. The fraction of sp³-hybridized carbons (Fsp3) is 0.421. The predicted octanol–water partition coefficient (Wildman–Crippen LogP) is 2.32. The van der Waals surface area contributed by atoms with Crippen LogP contribution in [-0.2, 0) is 9.53 Å². The van der Waals surface area contributed by atoms with E-state index < -0.39 is 0 Å². The summed E-state index contributed by atoms with van der Waals surface area (Å²) in [4.78, 5) is 14.3. The average Bonchev–Trinajstić information content (AvgIpc) is 2.63. The molecule has 0 aromatic heterocycles. The van der Waals surface area contributed by atoms with Gasteiger partial charge in [-0.25, -0.2) is 0 Å². The minimum Gasteiger partial charge on any atom is -0.497 e. The van der Waals surface area contributed by atoms with E-state index in [0.717, 1.165) is 37.6 Å². The number of morpholine rings is 1. The van der Waals surface area contributed by atoms with Crippen molar-refractivity contribution in [3.63, 3.8) is 0 Å². The van der Waals surface area contributed by atoms with Gasteiger partial charge in [0.15, 0.2) is 0 Å². The van der Waals surface area contributed by atoms with E-state index in [1.807, 2.05) is 31.2 Å². The van der Waals surface area contributed by atoms with E-state index >= 15 is 0 Å². The van der Waals surface area contributed by atoms with Gasteiger partial charge in [-0.3, -0.25) is 9.69 Å². The summed E-state index contributed by atoms with van der Waals surface area (Å²) in [6.07, 6.45) is 7.01. The van der Waals surface area contributed by atoms with Gasteiger partial charge in [0, 0.05) is 25.7 Å². The Hall–Kier alpha value is -2.11. The van der Waals surface area contributed by atoms with Gasteiger partial charge in [-0.2, -0.15) is 0 Å². The minimum atomic E-state index is -0.0835. The summed E-state index contributed by atoms with van der Waals surface area (Å²) in [5.74, 6) is 0.748. The number of hydrogen-bond acceptors (Lipinski definition) is 4. The minimum absolute atomic E-state index is 0.0835. The third kappa shape index (κ3) is 5.51. The highest BCUT2D eigenvalue weighted by Crippen LogP contribution is 2.23. The van der Waals surface area contributed by atoms with Crippen LogP contribution < -0.4 is 10.1 Å². The Kier molecular flexibility index (Phi) is 7.52. The summed E-state index contributed by atoms with van der Waals surface area (Å²) in [5.41, 5.74) is 1.16. The fourth-order valence-corrected chi connectivity index (χ4v) is 2.68. The van der Waals surface area contributed by atoms with Crippen molar-refractivity contribution < 1.29 is 14.3 Å². The summed E-state index contributed by atoms with van der Waals surface area (Å²) in [7, 11) is 1.66. The number of hydrogen-bond donors (Lipinski definition) is 1. The Morgan fingerprint density at radius 1 is 1.29 bits per heavy atom. The maximum absolute atomic E-state index is 11.9. The third-order valence-electron chi connectivity index (χ3n) is 4.01. The maximum Gasteiger partial charge on any atom is 0.244 e. The zero-order valence-corrected chi connectivity index (χ0v) is 14.4. The van der Waals surface area contributed by atoms with Gasteiger partial charge in [-0.1, -0.05) is 30.4 Å². The fourth-order valence-electron chi connectivity index (χ4n) is 2.68. The van der Waals surface area contributed by atoms with Crippen LogP contribution in [0.1, 0.15) is 18.5 Å². The number of methoxy groups -OCH3 is 1. The lowest BCUT2D eigenvalue weighted by Gasteiger charge is -2.34. The van der Waals surface area contributed by atoms with Crippen molar-refractivity contribution in [2.75, 3.05) is 40.0 Å². The molecule has 130 valence electrons. The van der Waals surface area contributed by atoms with Gasteiger partial charge < -0.3 is 14.8 Å². The van der Waals surface area contributed by atoms with Crippen molar-refractivity contribution in [1.82, 2.24) is 10.2 Å². The number of nitrogens with one attached hydrogen (secondary N) is 1. The number of carbonyl (C=O) groups excluding carboxylic acids is 1. The second kappa shape index (κ2) is 9.90. The summed E-state index contributed by atoms with van der Waals surface area (Å²) >= 11 is 0. The molecule has 1 saturated heterocycles. The highest BCUT2D eigenvalue weighted by Gasteiger charge is 2.23. The lowest BCUT2D eigenvalue weighted by molar-refractivity contribution is -0.116. The first kappa shape index (κ1) is 18.2. The van der Waals surface area contributed by atoms with Crippen molar-refractivity contribution in [2.45, 2.75) is 13.0 Å². The summed E-state index contributed by atoms with van der Waals surface area (Å²) in [5, 5.41) is 2.99. The Bertz CT molecular complexity index is 560. The number of carbonyl (C=O) groups is 1. The smallest absolute Gasteiger partial charge is 0.244 e. The molecule has 2 rings (SSSR count). The molecule has 1 heterocycles. The lowest BCUT2D eigenvalue weighted by atomic mass is 10.0. The van der Waals surface area contributed by atoms with Crippen LogP contribution in [0.2, 0.25) is 0 Å². The van der Waals surface area contributed by atoms with E-state index in [-0.39, 0.29) is 11.9 Å². The molecule has 1 aliphatic rings. The number of amides is 1. The lowest BCUT2D eigenvalue weighted by Crippen LogP contribution is -2.43. The van der Waals surface area contributed by atoms with Crippen LogP contribution in [0.4, 0.5) is 0 Å². The molecule has 1 aromatic rings. The topological polar surface area (TPSA) is 50.8 Å². The molecule has 0 aliphatic carbocycles. The van der Waals surface area contributed by atoms with E-state index in [1.54, 1.807) is 19.3 Å². The molecule has 24 heavy (non-hydrogen) atoms. The number of rotatable bonds is 7. The number of ether oxygens (including phenoxy) is 2. The number of allylic oxidation sites excluding steroid dienone is 3. The molecule has 1 aromatic carbocycles. The van der Waals surface area contributed by atoms with Gasteiger partial charge in [0.2, 0.25) is 5.91 Å². The van der Waals surface area contributed by atoms with Crippen LogP contribution in [0.5, 0.6) is 5.75 Å². The van der Waals surface area contributed by atoms with Crippen LogP contribution in [0.3, 0.4) is 0 Å². The first-order chi connectivity index (χ1) is 11.7. The van der Waals surface area contributed by atoms with Crippen molar-refractivity contribution in [3.05, 3.63) is 54.1 Å². The normalized spacial score (nSPS) is 17.2. The van der Waals surface area contributed by atoms with Crippen LogP contribution in [0.25, 0.3) is 0 Å². The van der Waals surface area contributed by atoms with Gasteiger partial charge in [0.1, 0.15) is 5.75 Å². The molecule has 5 nitrogen and oxygen atoms in total. The third-order valence-corrected chi connectivity index (χ3v) is 4.01. The SMILES string of the molecule is CC=CC=CC(=O)NCC(c1ccc(OC)cc1)N1CCOCC1. The van der Waals surface area contributed by atoms with E-state index in [2.05, 4.69) is 22.3 Å².